The Morgan fingerprint density at radius 1 is 1.04 bits per heavy atom. The zero-order valence-electron chi connectivity index (χ0n) is 15.0. The van der Waals surface area contributed by atoms with Crippen molar-refractivity contribution < 1.29 is 9.21 Å². The summed E-state index contributed by atoms with van der Waals surface area (Å²) in [5, 5.41) is 1.50. The van der Waals surface area contributed by atoms with Crippen LogP contribution in [0, 0.1) is 0 Å². The van der Waals surface area contributed by atoms with Gasteiger partial charge >= 0.3 is 0 Å². The van der Waals surface area contributed by atoms with Crippen LogP contribution >= 0.6 is 11.6 Å². The maximum Gasteiger partial charge on any atom is 0.289 e. The maximum atomic E-state index is 12.7. The molecule has 0 N–H and O–H groups in total. The van der Waals surface area contributed by atoms with Gasteiger partial charge < -0.3 is 9.32 Å². The number of hydrogen-bond donors (Lipinski definition) is 0. The first-order chi connectivity index (χ1) is 13.2. The Balaban J connectivity index is 1.33. The molecule has 0 aliphatic carbocycles. The van der Waals surface area contributed by atoms with Gasteiger partial charge in [-0.2, -0.15) is 0 Å². The Morgan fingerprint density at radius 2 is 1.81 bits per heavy atom. The fourth-order valence-corrected chi connectivity index (χ4v) is 3.49. The fourth-order valence-electron chi connectivity index (χ4n) is 3.31. The third kappa shape index (κ3) is 4.24. The summed E-state index contributed by atoms with van der Waals surface area (Å²) < 4.78 is 5.70. The van der Waals surface area contributed by atoms with E-state index in [0.717, 1.165) is 25.0 Å². The van der Waals surface area contributed by atoms with Crippen LogP contribution in [-0.4, -0.2) is 48.4 Å². The molecule has 1 saturated heterocycles. The molecular weight excluding hydrogens is 360 g/mol. The normalized spacial score (nSPS) is 15.7. The van der Waals surface area contributed by atoms with E-state index in [-0.39, 0.29) is 5.91 Å². The van der Waals surface area contributed by atoms with E-state index in [0.29, 0.717) is 29.5 Å². The summed E-state index contributed by atoms with van der Waals surface area (Å²) in [5.41, 5.74) is 1.89. The molecule has 2 heterocycles. The van der Waals surface area contributed by atoms with Crippen molar-refractivity contribution >= 4 is 34.6 Å². The molecule has 4 nitrogen and oxygen atoms in total. The molecule has 4 rings (SSSR count). The highest BCUT2D eigenvalue weighted by molar-refractivity contribution is 6.31. The average Bonchev–Trinajstić information content (AvgIpc) is 3.12. The van der Waals surface area contributed by atoms with Crippen LogP contribution in [0.5, 0.6) is 0 Å². The van der Waals surface area contributed by atoms with Crippen LogP contribution in [0.15, 0.2) is 65.1 Å². The SMILES string of the molecule is O=C(c1cc2cc(Cl)ccc2o1)N1CCN(C/C=C/c2ccccc2)CC1. The van der Waals surface area contributed by atoms with Gasteiger partial charge in [0.2, 0.25) is 0 Å². The summed E-state index contributed by atoms with van der Waals surface area (Å²) in [6.07, 6.45) is 4.31. The third-order valence-electron chi connectivity index (χ3n) is 4.82. The van der Waals surface area contributed by atoms with E-state index >= 15 is 0 Å². The monoisotopic (exact) mass is 380 g/mol. The Kier molecular flexibility index (Phi) is 5.28. The molecule has 1 amide bonds. The number of halogens is 1. The Morgan fingerprint density at radius 3 is 2.59 bits per heavy atom. The third-order valence-corrected chi connectivity index (χ3v) is 5.06. The van der Waals surface area contributed by atoms with Crippen LogP contribution in [-0.2, 0) is 0 Å². The topological polar surface area (TPSA) is 36.7 Å². The minimum atomic E-state index is -0.0539. The predicted molar refractivity (Wildman–Crippen MR) is 109 cm³/mol. The number of furan rings is 1. The first-order valence-corrected chi connectivity index (χ1v) is 9.49. The summed E-state index contributed by atoms with van der Waals surface area (Å²) in [6, 6.07) is 17.4. The fraction of sp³-hybridized carbons (Fsp3) is 0.227. The Labute approximate surface area is 163 Å². The number of carbonyl (C=O) groups excluding carboxylic acids is 1. The van der Waals surface area contributed by atoms with Gasteiger partial charge in [-0.05, 0) is 29.8 Å². The van der Waals surface area contributed by atoms with Crippen molar-refractivity contribution in [3.05, 3.63) is 77.0 Å². The molecule has 2 aromatic carbocycles. The van der Waals surface area contributed by atoms with Crippen molar-refractivity contribution in [2.24, 2.45) is 0 Å². The van der Waals surface area contributed by atoms with Crippen LogP contribution in [0.2, 0.25) is 5.02 Å². The van der Waals surface area contributed by atoms with Gasteiger partial charge in [-0.15, -0.1) is 0 Å². The van der Waals surface area contributed by atoms with E-state index in [1.54, 1.807) is 18.2 Å². The lowest BCUT2D eigenvalue weighted by atomic mass is 10.2. The van der Waals surface area contributed by atoms with Gasteiger partial charge in [-0.25, -0.2) is 0 Å². The van der Waals surface area contributed by atoms with Crippen molar-refractivity contribution in [3.63, 3.8) is 0 Å². The quantitative estimate of drug-likeness (QED) is 0.665. The van der Waals surface area contributed by atoms with Crippen LogP contribution < -0.4 is 0 Å². The summed E-state index contributed by atoms with van der Waals surface area (Å²) in [4.78, 5) is 16.9. The molecule has 0 atom stereocenters. The van der Waals surface area contributed by atoms with Gasteiger partial charge in [0, 0.05) is 43.1 Å². The molecule has 0 unspecified atom stereocenters. The number of rotatable bonds is 4. The second-order valence-corrected chi connectivity index (χ2v) is 7.14. The zero-order valence-corrected chi connectivity index (χ0v) is 15.7. The van der Waals surface area contributed by atoms with E-state index in [9.17, 15) is 4.79 Å². The highest BCUT2D eigenvalue weighted by Crippen LogP contribution is 2.24. The first-order valence-electron chi connectivity index (χ1n) is 9.11. The molecule has 0 saturated carbocycles. The van der Waals surface area contributed by atoms with Gasteiger partial charge in [0.25, 0.3) is 5.91 Å². The van der Waals surface area contributed by atoms with E-state index in [1.807, 2.05) is 29.2 Å². The lowest BCUT2D eigenvalue weighted by Crippen LogP contribution is -2.48. The summed E-state index contributed by atoms with van der Waals surface area (Å²) in [7, 11) is 0. The van der Waals surface area contributed by atoms with Gasteiger partial charge in [-0.3, -0.25) is 9.69 Å². The number of benzene rings is 2. The van der Waals surface area contributed by atoms with Crippen LogP contribution in [0.4, 0.5) is 0 Å². The van der Waals surface area contributed by atoms with Crippen LogP contribution in [0.25, 0.3) is 17.0 Å². The lowest BCUT2D eigenvalue weighted by molar-refractivity contribution is 0.0621. The second kappa shape index (κ2) is 7.99. The van der Waals surface area contributed by atoms with Crippen molar-refractivity contribution in [2.75, 3.05) is 32.7 Å². The molecule has 0 bridgehead atoms. The van der Waals surface area contributed by atoms with Gasteiger partial charge in [0.15, 0.2) is 5.76 Å². The number of carbonyl (C=O) groups is 1. The maximum absolute atomic E-state index is 12.7. The van der Waals surface area contributed by atoms with Crippen molar-refractivity contribution in [1.29, 1.82) is 0 Å². The van der Waals surface area contributed by atoms with E-state index < -0.39 is 0 Å². The predicted octanol–water partition coefficient (Wildman–Crippen LogP) is 4.56. The number of piperazine rings is 1. The Hall–Kier alpha value is -2.56. The molecule has 3 aromatic rings. The standard InChI is InChI=1S/C22H21ClN2O2/c23-19-8-9-20-18(15-19)16-21(27-20)22(26)25-13-11-24(12-14-25)10-4-7-17-5-2-1-3-6-17/h1-9,15-16H,10-14H2/b7-4+. The molecule has 138 valence electrons. The van der Waals surface area contributed by atoms with E-state index in [1.165, 1.54) is 5.56 Å². The lowest BCUT2D eigenvalue weighted by Gasteiger charge is -2.33. The molecule has 0 spiro atoms. The molecule has 1 aliphatic heterocycles. The molecule has 1 aliphatic rings. The number of amides is 1. The summed E-state index contributed by atoms with van der Waals surface area (Å²) in [6.45, 7) is 4.01. The highest BCUT2D eigenvalue weighted by Gasteiger charge is 2.24. The number of hydrogen-bond acceptors (Lipinski definition) is 3. The molecule has 1 aromatic heterocycles. The van der Waals surface area contributed by atoms with E-state index in [2.05, 4.69) is 29.2 Å². The molecule has 5 heteroatoms. The summed E-state index contributed by atoms with van der Waals surface area (Å²) in [5.74, 6) is 0.325. The first kappa shape index (κ1) is 17.8. The molecule has 0 radical (unpaired) electrons. The van der Waals surface area contributed by atoms with Crippen molar-refractivity contribution in [1.82, 2.24) is 9.80 Å². The second-order valence-electron chi connectivity index (χ2n) is 6.70. The summed E-state index contributed by atoms with van der Waals surface area (Å²) >= 11 is 6.00. The molecule has 1 fully saturated rings. The number of fused-ring (bicyclic) bond motifs is 1. The molecule has 27 heavy (non-hydrogen) atoms. The van der Waals surface area contributed by atoms with Gasteiger partial charge in [0.1, 0.15) is 5.58 Å². The van der Waals surface area contributed by atoms with Gasteiger partial charge in [-0.1, -0.05) is 54.1 Å². The van der Waals surface area contributed by atoms with Crippen LogP contribution in [0.3, 0.4) is 0 Å². The Bertz CT molecular complexity index is 957. The molecular formula is C22H21ClN2O2. The minimum Gasteiger partial charge on any atom is -0.451 e. The van der Waals surface area contributed by atoms with Gasteiger partial charge in [0.05, 0.1) is 0 Å². The number of nitrogens with zero attached hydrogens (tertiary/aromatic N) is 2. The average molecular weight is 381 g/mol. The van der Waals surface area contributed by atoms with Crippen LogP contribution in [0.1, 0.15) is 16.1 Å². The highest BCUT2D eigenvalue weighted by atomic mass is 35.5. The van der Waals surface area contributed by atoms with Crippen molar-refractivity contribution in [3.8, 4) is 0 Å². The van der Waals surface area contributed by atoms with E-state index in [4.69, 9.17) is 16.0 Å². The zero-order chi connectivity index (χ0) is 18.6. The van der Waals surface area contributed by atoms with Crippen molar-refractivity contribution in [2.45, 2.75) is 0 Å². The largest absolute Gasteiger partial charge is 0.451 e. The smallest absolute Gasteiger partial charge is 0.289 e. The minimum absolute atomic E-state index is 0.0539.